The molecule has 3 N–H and O–H groups in total. The van der Waals surface area contributed by atoms with Gasteiger partial charge in [0, 0.05) is 35.4 Å². The van der Waals surface area contributed by atoms with E-state index in [1.54, 1.807) is 0 Å². The molecular formula is C15H22BrN3O2. The summed E-state index contributed by atoms with van der Waals surface area (Å²) < 4.78 is 6.47. The fourth-order valence-electron chi connectivity index (χ4n) is 2.49. The monoisotopic (exact) mass is 355 g/mol. The molecule has 1 heterocycles. The lowest BCUT2D eigenvalue weighted by atomic mass is 10.1. The van der Waals surface area contributed by atoms with Gasteiger partial charge < -0.3 is 20.7 Å². The highest BCUT2D eigenvalue weighted by Crippen LogP contribution is 2.29. The molecule has 1 fully saturated rings. The molecule has 1 saturated heterocycles. The summed E-state index contributed by atoms with van der Waals surface area (Å²) in [7, 11) is 0. The summed E-state index contributed by atoms with van der Waals surface area (Å²) in [4.78, 5) is 14.4. The second-order valence-electron chi connectivity index (χ2n) is 5.02. The number of nitrogens with two attached hydrogens (primary N) is 1. The molecule has 0 radical (unpaired) electrons. The lowest BCUT2D eigenvalue weighted by Gasteiger charge is -2.37. The number of nitrogens with one attached hydrogen (secondary N) is 1. The number of morpholine rings is 1. The number of amides is 1. The summed E-state index contributed by atoms with van der Waals surface area (Å²) in [5, 5.41) is 2.95. The van der Waals surface area contributed by atoms with Crippen molar-refractivity contribution in [2.75, 3.05) is 31.2 Å². The molecule has 0 saturated carbocycles. The molecule has 1 aromatic carbocycles. The van der Waals surface area contributed by atoms with Gasteiger partial charge in [0.25, 0.3) is 0 Å². The van der Waals surface area contributed by atoms with Crippen molar-refractivity contribution in [3.8, 4) is 0 Å². The fourth-order valence-corrected chi connectivity index (χ4v) is 3.01. The number of hydrogen-bond donors (Lipinski definition) is 2. The third-order valence-electron chi connectivity index (χ3n) is 3.59. The maximum atomic E-state index is 12.3. The largest absolute Gasteiger partial charge is 0.377 e. The smallest absolute Gasteiger partial charge is 0.245 e. The first-order chi connectivity index (χ1) is 10.2. The number of halogens is 1. The van der Waals surface area contributed by atoms with E-state index in [0.29, 0.717) is 32.8 Å². The highest BCUT2D eigenvalue weighted by Gasteiger charge is 2.30. The Morgan fingerprint density at radius 2 is 2.38 bits per heavy atom. The summed E-state index contributed by atoms with van der Waals surface area (Å²) in [5.41, 5.74) is 7.90. The van der Waals surface area contributed by atoms with Crippen molar-refractivity contribution >= 4 is 27.5 Å². The van der Waals surface area contributed by atoms with Gasteiger partial charge in [-0.1, -0.05) is 28.9 Å². The minimum atomic E-state index is -0.301. The van der Waals surface area contributed by atoms with E-state index in [1.165, 1.54) is 0 Å². The molecule has 0 aliphatic carbocycles. The SMILES string of the molecule is CCCNC(=O)C1COCCN1c1cccc(Br)c1CN. The number of anilines is 1. The van der Waals surface area contributed by atoms with Gasteiger partial charge in [0.15, 0.2) is 0 Å². The number of nitrogens with zero attached hydrogens (tertiary/aromatic N) is 1. The Bertz CT molecular complexity index is 496. The van der Waals surface area contributed by atoms with Crippen LogP contribution in [0.5, 0.6) is 0 Å². The van der Waals surface area contributed by atoms with E-state index < -0.39 is 0 Å². The fraction of sp³-hybridized carbons (Fsp3) is 0.533. The molecule has 21 heavy (non-hydrogen) atoms. The van der Waals surface area contributed by atoms with Crippen LogP contribution in [0.3, 0.4) is 0 Å². The molecule has 0 aromatic heterocycles. The van der Waals surface area contributed by atoms with E-state index in [-0.39, 0.29) is 11.9 Å². The molecule has 116 valence electrons. The number of carbonyl (C=O) groups excluding carboxylic acids is 1. The molecule has 5 nitrogen and oxygen atoms in total. The topological polar surface area (TPSA) is 67.6 Å². The first-order valence-electron chi connectivity index (χ1n) is 7.28. The Morgan fingerprint density at radius 1 is 1.57 bits per heavy atom. The number of carbonyl (C=O) groups is 1. The van der Waals surface area contributed by atoms with Crippen LogP contribution in [-0.4, -0.2) is 38.3 Å². The van der Waals surface area contributed by atoms with Crippen molar-refractivity contribution in [1.82, 2.24) is 5.32 Å². The van der Waals surface area contributed by atoms with E-state index >= 15 is 0 Å². The molecule has 1 aliphatic rings. The van der Waals surface area contributed by atoms with Crippen molar-refractivity contribution in [2.45, 2.75) is 25.9 Å². The third-order valence-corrected chi connectivity index (χ3v) is 4.33. The summed E-state index contributed by atoms with van der Waals surface area (Å²) in [5.74, 6) is 0.0134. The maximum Gasteiger partial charge on any atom is 0.245 e. The van der Waals surface area contributed by atoms with Crippen LogP contribution in [0.4, 0.5) is 5.69 Å². The zero-order valence-corrected chi connectivity index (χ0v) is 13.9. The second-order valence-corrected chi connectivity index (χ2v) is 5.87. The van der Waals surface area contributed by atoms with Crippen molar-refractivity contribution in [3.05, 3.63) is 28.2 Å². The maximum absolute atomic E-state index is 12.3. The molecule has 1 atom stereocenters. The summed E-state index contributed by atoms with van der Waals surface area (Å²) in [6.45, 7) is 4.87. The number of hydrogen-bond acceptors (Lipinski definition) is 4. The van der Waals surface area contributed by atoms with Crippen molar-refractivity contribution in [1.29, 1.82) is 0 Å². The van der Waals surface area contributed by atoms with Gasteiger partial charge in [0.2, 0.25) is 5.91 Å². The van der Waals surface area contributed by atoms with Gasteiger partial charge >= 0.3 is 0 Å². The van der Waals surface area contributed by atoms with Crippen LogP contribution in [0.25, 0.3) is 0 Å². The molecule has 0 bridgehead atoms. The zero-order valence-electron chi connectivity index (χ0n) is 12.3. The van der Waals surface area contributed by atoms with E-state index in [9.17, 15) is 4.79 Å². The number of ether oxygens (including phenoxy) is 1. The Hall–Kier alpha value is -1.11. The second kappa shape index (κ2) is 7.77. The predicted octanol–water partition coefficient (Wildman–Crippen LogP) is 1.64. The van der Waals surface area contributed by atoms with Crippen LogP contribution in [0, 0.1) is 0 Å². The summed E-state index contributed by atoms with van der Waals surface area (Å²) in [6, 6.07) is 5.65. The summed E-state index contributed by atoms with van der Waals surface area (Å²) in [6.07, 6.45) is 0.921. The van der Waals surface area contributed by atoms with Gasteiger partial charge in [-0.3, -0.25) is 4.79 Å². The van der Waals surface area contributed by atoms with Gasteiger partial charge in [0.05, 0.1) is 13.2 Å². The lowest BCUT2D eigenvalue weighted by Crippen LogP contribution is -2.54. The van der Waals surface area contributed by atoms with E-state index in [1.807, 2.05) is 25.1 Å². The van der Waals surface area contributed by atoms with Crippen molar-refractivity contribution in [2.24, 2.45) is 5.73 Å². The highest BCUT2D eigenvalue weighted by atomic mass is 79.9. The quantitative estimate of drug-likeness (QED) is 0.842. The minimum absolute atomic E-state index is 0.0134. The van der Waals surface area contributed by atoms with Gasteiger partial charge in [-0.05, 0) is 18.6 Å². The van der Waals surface area contributed by atoms with Gasteiger partial charge in [0.1, 0.15) is 6.04 Å². The summed E-state index contributed by atoms with van der Waals surface area (Å²) >= 11 is 3.53. The normalized spacial score (nSPS) is 18.6. The molecule has 1 amide bonds. The Labute approximate surface area is 134 Å². The molecular weight excluding hydrogens is 334 g/mol. The van der Waals surface area contributed by atoms with Crippen molar-refractivity contribution < 1.29 is 9.53 Å². The minimum Gasteiger partial charge on any atom is -0.377 e. The first-order valence-corrected chi connectivity index (χ1v) is 8.07. The molecule has 2 rings (SSSR count). The average Bonchev–Trinajstić information content (AvgIpc) is 2.52. The van der Waals surface area contributed by atoms with Crippen LogP contribution in [-0.2, 0) is 16.1 Å². The molecule has 1 unspecified atom stereocenters. The number of rotatable bonds is 5. The van der Waals surface area contributed by atoms with Crippen LogP contribution in [0.2, 0.25) is 0 Å². The van der Waals surface area contributed by atoms with Gasteiger partial charge in [-0.25, -0.2) is 0 Å². The Kier molecular flexibility index (Phi) is 6.02. The lowest BCUT2D eigenvalue weighted by molar-refractivity contribution is -0.124. The first kappa shape index (κ1) is 16.3. The van der Waals surface area contributed by atoms with Crippen LogP contribution in [0.1, 0.15) is 18.9 Å². The van der Waals surface area contributed by atoms with E-state index in [4.69, 9.17) is 10.5 Å². The molecule has 1 aliphatic heterocycles. The van der Waals surface area contributed by atoms with Crippen molar-refractivity contribution in [3.63, 3.8) is 0 Å². The van der Waals surface area contributed by atoms with Crippen LogP contribution >= 0.6 is 15.9 Å². The van der Waals surface area contributed by atoms with E-state index in [2.05, 4.69) is 26.1 Å². The van der Waals surface area contributed by atoms with Gasteiger partial charge in [-0.15, -0.1) is 0 Å². The zero-order chi connectivity index (χ0) is 15.2. The Morgan fingerprint density at radius 3 is 3.10 bits per heavy atom. The van der Waals surface area contributed by atoms with Crippen LogP contribution in [0.15, 0.2) is 22.7 Å². The highest BCUT2D eigenvalue weighted by molar-refractivity contribution is 9.10. The predicted molar refractivity (Wildman–Crippen MR) is 87.3 cm³/mol. The van der Waals surface area contributed by atoms with Gasteiger partial charge in [-0.2, -0.15) is 0 Å². The van der Waals surface area contributed by atoms with Crippen LogP contribution < -0.4 is 16.0 Å². The van der Waals surface area contributed by atoms with E-state index in [0.717, 1.165) is 22.1 Å². The molecule has 0 spiro atoms. The molecule has 6 heteroatoms. The standard InChI is InChI=1S/C15H22BrN3O2/c1-2-6-18-15(20)14-10-21-8-7-19(14)13-5-3-4-12(16)11(13)9-17/h3-5,14H,2,6-10,17H2,1H3,(H,18,20). The number of benzene rings is 1. The third kappa shape index (κ3) is 3.75. The molecule has 1 aromatic rings. The Balaban J connectivity index is 2.26. The average molecular weight is 356 g/mol.